The van der Waals surface area contributed by atoms with Crippen LogP contribution < -0.4 is 9.80 Å². The first-order valence-corrected chi connectivity index (χ1v) is 6.57. The van der Waals surface area contributed by atoms with E-state index in [0.717, 1.165) is 11.6 Å². The van der Waals surface area contributed by atoms with Crippen LogP contribution in [0.15, 0.2) is 24.3 Å². The zero-order chi connectivity index (χ0) is 11.4. The largest absolute Gasteiger partial charge is 0.326 e. The summed E-state index contributed by atoms with van der Waals surface area (Å²) in [5, 5.41) is 0.856. The second-order valence-corrected chi connectivity index (χ2v) is 5.10. The van der Waals surface area contributed by atoms with E-state index in [1.807, 2.05) is 12.1 Å². The van der Waals surface area contributed by atoms with E-state index in [0.29, 0.717) is 0 Å². The number of rotatable bonds is 3. The fraction of sp³-hybridized carbons (Fsp3) is 0.538. The van der Waals surface area contributed by atoms with Gasteiger partial charge in [-0.05, 0) is 19.1 Å². The van der Waals surface area contributed by atoms with Crippen LogP contribution in [0.3, 0.4) is 0 Å². The summed E-state index contributed by atoms with van der Waals surface area (Å²) in [6.07, 6.45) is 0. The number of quaternary nitrogens is 2. The molecule has 0 amide bonds. The molecule has 0 aliphatic carbocycles. The van der Waals surface area contributed by atoms with Crippen molar-refractivity contribution in [2.24, 2.45) is 0 Å². The Morgan fingerprint density at radius 1 is 1.12 bits per heavy atom. The molecule has 0 unspecified atom stereocenters. The van der Waals surface area contributed by atoms with E-state index in [4.69, 9.17) is 11.6 Å². The van der Waals surface area contributed by atoms with Gasteiger partial charge in [-0.1, -0.05) is 23.7 Å². The first-order valence-electron chi connectivity index (χ1n) is 6.19. The molecular weight excluding hydrogens is 220 g/mol. The lowest BCUT2D eigenvalue weighted by Gasteiger charge is -2.29. The highest BCUT2D eigenvalue weighted by Gasteiger charge is 2.21. The zero-order valence-electron chi connectivity index (χ0n) is 9.93. The number of nitrogens with one attached hydrogen (secondary N) is 2. The topological polar surface area (TPSA) is 8.88 Å². The van der Waals surface area contributed by atoms with Crippen molar-refractivity contribution in [1.29, 1.82) is 0 Å². The van der Waals surface area contributed by atoms with Crippen LogP contribution in [-0.4, -0.2) is 32.7 Å². The molecule has 1 aromatic carbocycles. The summed E-state index contributed by atoms with van der Waals surface area (Å²) in [7, 11) is 0. The summed E-state index contributed by atoms with van der Waals surface area (Å²) in [6.45, 7) is 9.86. The number of hydrogen-bond acceptors (Lipinski definition) is 0. The lowest BCUT2D eigenvalue weighted by atomic mass is 10.2. The number of piperazine rings is 1. The minimum absolute atomic E-state index is 0.856. The van der Waals surface area contributed by atoms with E-state index in [1.54, 1.807) is 9.80 Å². The predicted molar refractivity (Wildman–Crippen MR) is 67.1 cm³/mol. The number of benzene rings is 1. The maximum absolute atomic E-state index is 5.99. The monoisotopic (exact) mass is 240 g/mol. The van der Waals surface area contributed by atoms with Crippen LogP contribution in [-0.2, 0) is 6.54 Å². The molecule has 3 heteroatoms. The molecule has 1 saturated heterocycles. The van der Waals surface area contributed by atoms with Crippen LogP contribution in [0.1, 0.15) is 12.5 Å². The van der Waals surface area contributed by atoms with Crippen LogP contribution in [0.25, 0.3) is 0 Å². The Labute approximate surface area is 103 Å². The van der Waals surface area contributed by atoms with Crippen molar-refractivity contribution in [1.82, 2.24) is 0 Å². The highest BCUT2D eigenvalue weighted by atomic mass is 35.5. The maximum Gasteiger partial charge on any atom is 0.127 e. The number of halogens is 1. The van der Waals surface area contributed by atoms with Crippen molar-refractivity contribution < 1.29 is 9.80 Å². The normalized spacial score (nSPS) is 25.6. The highest BCUT2D eigenvalue weighted by molar-refractivity contribution is 6.30. The Bertz CT molecular complexity index is 332. The van der Waals surface area contributed by atoms with Gasteiger partial charge in [0.15, 0.2) is 0 Å². The van der Waals surface area contributed by atoms with Crippen molar-refractivity contribution in [3.05, 3.63) is 34.9 Å². The van der Waals surface area contributed by atoms with Gasteiger partial charge in [-0.15, -0.1) is 0 Å². The van der Waals surface area contributed by atoms with Crippen molar-refractivity contribution in [2.45, 2.75) is 13.5 Å². The number of likely N-dealkylation sites (N-methyl/N-ethyl adjacent to an activating group) is 1. The Hall–Kier alpha value is -0.570. The van der Waals surface area contributed by atoms with Crippen molar-refractivity contribution in [3.63, 3.8) is 0 Å². The van der Waals surface area contributed by atoms with Crippen LogP contribution >= 0.6 is 11.6 Å². The van der Waals surface area contributed by atoms with Gasteiger partial charge >= 0.3 is 0 Å². The first kappa shape index (κ1) is 11.9. The molecule has 1 aliphatic heterocycles. The van der Waals surface area contributed by atoms with Gasteiger partial charge in [0.25, 0.3) is 0 Å². The van der Waals surface area contributed by atoms with Gasteiger partial charge in [0.2, 0.25) is 0 Å². The average molecular weight is 241 g/mol. The molecule has 0 spiro atoms. The van der Waals surface area contributed by atoms with Crippen LogP contribution in [0, 0.1) is 0 Å². The molecule has 88 valence electrons. The van der Waals surface area contributed by atoms with Gasteiger partial charge in [-0.2, -0.15) is 0 Å². The average Bonchev–Trinajstić information content (AvgIpc) is 2.30. The van der Waals surface area contributed by atoms with Crippen LogP contribution in [0.5, 0.6) is 0 Å². The SMILES string of the molecule is CC[NH+]1CC[NH+](Cc2cccc(Cl)c2)CC1. The van der Waals surface area contributed by atoms with Gasteiger partial charge in [-0.3, -0.25) is 0 Å². The van der Waals surface area contributed by atoms with Crippen LogP contribution in [0.4, 0.5) is 0 Å². The summed E-state index contributed by atoms with van der Waals surface area (Å²) in [5.74, 6) is 0. The fourth-order valence-electron chi connectivity index (χ4n) is 2.42. The van der Waals surface area contributed by atoms with Gasteiger partial charge < -0.3 is 9.80 Å². The smallest absolute Gasteiger partial charge is 0.127 e. The molecule has 2 N–H and O–H groups in total. The molecule has 2 rings (SSSR count). The molecule has 2 nitrogen and oxygen atoms in total. The zero-order valence-corrected chi connectivity index (χ0v) is 10.7. The third kappa shape index (κ3) is 3.21. The molecule has 0 radical (unpaired) electrons. The quantitative estimate of drug-likeness (QED) is 0.715. The fourth-order valence-corrected chi connectivity index (χ4v) is 2.64. The second kappa shape index (κ2) is 5.67. The van der Waals surface area contributed by atoms with E-state index in [2.05, 4.69) is 19.1 Å². The highest BCUT2D eigenvalue weighted by Crippen LogP contribution is 2.09. The third-order valence-corrected chi connectivity index (χ3v) is 3.74. The summed E-state index contributed by atoms with van der Waals surface area (Å²) >= 11 is 5.99. The summed E-state index contributed by atoms with van der Waals surface area (Å²) in [4.78, 5) is 3.44. The molecular formula is C13H21ClN2+2. The Morgan fingerprint density at radius 2 is 1.81 bits per heavy atom. The molecule has 0 saturated carbocycles. The van der Waals surface area contributed by atoms with Crippen molar-refractivity contribution in [2.75, 3.05) is 32.7 Å². The summed E-state index contributed by atoms with van der Waals surface area (Å²) in [5.41, 5.74) is 1.36. The van der Waals surface area contributed by atoms with Gasteiger partial charge in [0.05, 0.1) is 6.54 Å². The Kier molecular flexibility index (Phi) is 4.22. The maximum atomic E-state index is 5.99. The molecule has 0 aromatic heterocycles. The van der Waals surface area contributed by atoms with Gasteiger partial charge in [0.1, 0.15) is 32.7 Å². The summed E-state index contributed by atoms with van der Waals surface area (Å²) < 4.78 is 0. The van der Waals surface area contributed by atoms with Crippen molar-refractivity contribution in [3.8, 4) is 0 Å². The van der Waals surface area contributed by atoms with Gasteiger partial charge in [-0.25, -0.2) is 0 Å². The molecule has 0 bridgehead atoms. The number of hydrogen-bond donors (Lipinski definition) is 2. The molecule has 0 atom stereocenters. The minimum Gasteiger partial charge on any atom is -0.326 e. The third-order valence-electron chi connectivity index (χ3n) is 3.51. The molecule has 1 aromatic rings. The van der Waals surface area contributed by atoms with E-state index in [-0.39, 0.29) is 0 Å². The van der Waals surface area contributed by atoms with E-state index in [9.17, 15) is 0 Å². The van der Waals surface area contributed by atoms with Crippen molar-refractivity contribution >= 4 is 11.6 Å². The Balaban J connectivity index is 1.87. The summed E-state index contributed by atoms with van der Waals surface area (Å²) in [6, 6.07) is 8.26. The Morgan fingerprint density at radius 3 is 2.44 bits per heavy atom. The predicted octanol–water partition coefficient (Wildman–Crippen LogP) is -0.357. The second-order valence-electron chi connectivity index (χ2n) is 4.66. The lowest BCUT2D eigenvalue weighted by Crippen LogP contribution is -3.27. The lowest BCUT2D eigenvalue weighted by molar-refractivity contribution is -1.02. The minimum atomic E-state index is 0.856. The first-order chi connectivity index (χ1) is 7.78. The van der Waals surface area contributed by atoms with E-state index < -0.39 is 0 Å². The molecule has 1 heterocycles. The standard InChI is InChI=1S/C13H19ClN2/c1-2-15-6-8-16(9-7-15)11-12-4-3-5-13(14)10-12/h3-5,10H,2,6-9,11H2,1H3/p+2. The molecule has 16 heavy (non-hydrogen) atoms. The van der Waals surface area contributed by atoms with Gasteiger partial charge in [0, 0.05) is 10.6 Å². The van der Waals surface area contributed by atoms with Crippen LogP contribution in [0.2, 0.25) is 5.02 Å². The molecule has 1 fully saturated rings. The van der Waals surface area contributed by atoms with E-state index >= 15 is 0 Å². The molecule has 1 aliphatic rings. The van der Waals surface area contributed by atoms with E-state index in [1.165, 1.54) is 38.3 Å².